The first-order valence-corrected chi connectivity index (χ1v) is 7.10. The van der Waals surface area contributed by atoms with Crippen molar-refractivity contribution in [3.8, 4) is 0 Å². The molecular formula is C15H28O3. The Balaban J connectivity index is 3.19. The van der Waals surface area contributed by atoms with Crippen LogP contribution in [0.3, 0.4) is 0 Å². The van der Waals surface area contributed by atoms with Gasteiger partial charge in [-0.25, -0.2) is 0 Å². The third kappa shape index (κ3) is 13.2. The lowest BCUT2D eigenvalue weighted by atomic mass is 10.1. The number of carbonyl (C=O) groups is 1. The van der Waals surface area contributed by atoms with Gasteiger partial charge in [-0.3, -0.25) is 4.79 Å². The van der Waals surface area contributed by atoms with Crippen molar-refractivity contribution < 1.29 is 14.3 Å². The summed E-state index contributed by atoms with van der Waals surface area (Å²) in [6.45, 7) is 3.41. The van der Waals surface area contributed by atoms with Gasteiger partial charge in [0.1, 0.15) is 0 Å². The van der Waals surface area contributed by atoms with E-state index in [1.165, 1.54) is 0 Å². The highest BCUT2D eigenvalue weighted by Gasteiger charge is 2.01. The van der Waals surface area contributed by atoms with E-state index in [-0.39, 0.29) is 5.97 Å². The molecule has 0 unspecified atom stereocenters. The van der Waals surface area contributed by atoms with E-state index in [0.29, 0.717) is 13.0 Å². The van der Waals surface area contributed by atoms with Gasteiger partial charge in [0.25, 0.3) is 0 Å². The van der Waals surface area contributed by atoms with Crippen LogP contribution in [0.5, 0.6) is 0 Å². The van der Waals surface area contributed by atoms with Crippen molar-refractivity contribution in [3.63, 3.8) is 0 Å². The van der Waals surface area contributed by atoms with Crippen molar-refractivity contribution >= 4 is 5.97 Å². The van der Waals surface area contributed by atoms with Crippen LogP contribution in [0.4, 0.5) is 0 Å². The van der Waals surface area contributed by atoms with Gasteiger partial charge in [0, 0.05) is 20.1 Å². The van der Waals surface area contributed by atoms with Gasteiger partial charge in [0.15, 0.2) is 0 Å². The van der Waals surface area contributed by atoms with Crippen molar-refractivity contribution in [3.05, 3.63) is 12.2 Å². The molecule has 0 aromatic heterocycles. The fourth-order valence-corrected chi connectivity index (χ4v) is 1.60. The van der Waals surface area contributed by atoms with Gasteiger partial charge < -0.3 is 9.47 Å². The van der Waals surface area contributed by atoms with E-state index in [9.17, 15) is 4.79 Å². The zero-order valence-electron chi connectivity index (χ0n) is 12.0. The number of carbonyl (C=O) groups excluding carboxylic acids is 1. The second-order valence-electron chi connectivity index (χ2n) is 4.40. The van der Waals surface area contributed by atoms with Crippen molar-refractivity contribution in [2.75, 3.05) is 20.3 Å². The molecule has 0 aromatic carbocycles. The highest BCUT2D eigenvalue weighted by atomic mass is 16.5. The monoisotopic (exact) mass is 256 g/mol. The summed E-state index contributed by atoms with van der Waals surface area (Å²) in [5.41, 5.74) is 0. The van der Waals surface area contributed by atoms with Gasteiger partial charge in [-0.1, -0.05) is 25.5 Å². The van der Waals surface area contributed by atoms with Crippen molar-refractivity contribution in [1.82, 2.24) is 0 Å². The Labute approximate surface area is 112 Å². The Hall–Kier alpha value is -0.830. The Morgan fingerprint density at radius 2 is 1.78 bits per heavy atom. The number of allylic oxidation sites excluding steroid dienone is 2. The Bertz CT molecular complexity index is 212. The predicted molar refractivity (Wildman–Crippen MR) is 74.6 cm³/mol. The number of rotatable bonds is 12. The van der Waals surface area contributed by atoms with Crippen LogP contribution < -0.4 is 0 Å². The lowest BCUT2D eigenvalue weighted by molar-refractivity contribution is -0.143. The van der Waals surface area contributed by atoms with Gasteiger partial charge in [-0.05, 0) is 38.5 Å². The molecule has 106 valence electrons. The van der Waals surface area contributed by atoms with E-state index in [2.05, 4.69) is 19.1 Å². The molecule has 18 heavy (non-hydrogen) atoms. The molecule has 0 heterocycles. The van der Waals surface area contributed by atoms with E-state index in [4.69, 9.17) is 9.47 Å². The van der Waals surface area contributed by atoms with Gasteiger partial charge >= 0.3 is 5.97 Å². The minimum atomic E-state index is -0.0588. The molecule has 3 heteroatoms. The molecule has 3 nitrogen and oxygen atoms in total. The summed E-state index contributed by atoms with van der Waals surface area (Å²) in [6.07, 6.45) is 12.2. The number of hydrogen-bond acceptors (Lipinski definition) is 3. The largest absolute Gasteiger partial charge is 0.466 e. The molecule has 0 saturated carbocycles. The molecule has 0 aromatic rings. The average molecular weight is 256 g/mol. The van der Waals surface area contributed by atoms with Crippen LogP contribution in [0.2, 0.25) is 0 Å². The molecule has 0 N–H and O–H groups in total. The maximum atomic E-state index is 11.3. The van der Waals surface area contributed by atoms with Crippen LogP contribution in [0.25, 0.3) is 0 Å². The standard InChI is InChI=1S/C15H28O3/c1-3-4-5-6-7-8-9-12-15(16)18-14-11-10-13-17-2/h4-5H,3,6-14H2,1-2H3/b5-4+. The molecule has 0 amide bonds. The summed E-state index contributed by atoms with van der Waals surface area (Å²) < 4.78 is 10.0. The Kier molecular flexibility index (Phi) is 13.6. The summed E-state index contributed by atoms with van der Waals surface area (Å²) in [4.78, 5) is 11.3. The molecule has 0 fully saturated rings. The predicted octanol–water partition coefficient (Wildman–Crippen LogP) is 3.87. The normalized spacial score (nSPS) is 11.0. The highest BCUT2D eigenvalue weighted by molar-refractivity contribution is 5.69. The first kappa shape index (κ1) is 17.2. The topological polar surface area (TPSA) is 35.5 Å². The highest BCUT2D eigenvalue weighted by Crippen LogP contribution is 2.05. The summed E-state index contributed by atoms with van der Waals surface area (Å²) >= 11 is 0. The maximum absolute atomic E-state index is 11.3. The molecule has 0 bridgehead atoms. The SMILES string of the molecule is CC/C=C/CCCCCC(=O)OCCCCOC. The molecule has 0 spiro atoms. The zero-order valence-corrected chi connectivity index (χ0v) is 12.0. The number of methoxy groups -OCH3 is 1. The van der Waals surface area contributed by atoms with Gasteiger partial charge in [-0.15, -0.1) is 0 Å². The lowest BCUT2D eigenvalue weighted by Crippen LogP contribution is -2.06. The van der Waals surface area contributed by atoms with Crippen LogP contribution in [-0.4, -0.2) is 26.3 Å². The molecule has 0 radical (unpaired) electrons. The summed E-state index contributed by atoms with van der Waals surface area (Å²) in [7, 11) is 1.68. The minimum absolute atomic E-state index is 0.0588. The fraction of sp³-hybridized carbons (Fsp3) is 0.800. The van der Waals surface area contributed by atoms with Crippen molar-refractivity contribution in [2.24, 2.45) is 0 Å². The van der Waals surface area contributed by atoms with E-state index in [0.717, 1.165) is 51.6 Å². The lowest BCUT2D eigenvalue weighted by Gasteiger charge is -2.04. The number of unbranched alkanes of at least 4 members (excludes halogenated alkanes) is 4. The molecular weight excluding hydrogens is 228 g/mol. The molecule has 0 aliphatic heterocycles. The first-order chi connectivity index (χ1) is 8.81. The zero-order chi connectivity index (χ0) is 13.5. The van der Waals surface area contributed by atoms with E-state index in [1.807, 2.05) is 0 Å². The number of ether oxygens (including phenoxy) is 2. The van der Waals surface area contributed by atoms with E-state index in [1.54, 1.807) is 7.11 Å². The molecule has 0 atom stereocenters. The van der Waals surface area contributed by atoms with Crippen LogP contribution in [0.15, 0.2) is 12.2 Å². The average Bonchev–Trinajstić information content (AvgIpc) is 2.37. The van der Waals surface area contributed by atoms with Gasteiger partial charge in [0.05, 0.1) is 6.61 Å². The fourth-order valence-electron chi connectivity index (χ4n) is 1.60. The third-order valence-corrected chi connectivity index (χ3v) is 2.66. The van der Waals surface area contributed by atoms with Crippen LogP contribution >= 0.6 is 0 Å². The maximum Gasteiger partial charge on any atom is 0.305 e. The summed E-state index contributed by atoms with van der Waals surface area (Å²) in [5, 5.41) is 0. The van der Waals surface area contributed by atoms with Crippen LogP contribution in [0, 0.1) is 0 Å². The molecule has 0 saturated heterocycles. The van der Waals surface area contributed by atoms with Gasteiger partial charge in [0.2, 0.25) is 0 Å². The Morgan fingerprint density at radius 1 is 1.00 bits per heavy atom. The Morgan fingerprint density at radius 3 is 2.50 bits per heavy atom. The summed E-state index contributed by atoms with van der Waals surface area (Å²) in [5.74, 6) is -0.0588. The number of esters is 1. The second kappa shape index (κ2) is 14.2. The quantitative estimate of drug-likeness (QED) is 0.302. The van der Waals surface area contributed by atoms with E-state index < -0.39 is 0 Å². The summed E-state index contributed by atoms with van der Waals surface area (Å²) in [6, 6.07) is 0. The second-order valence-corrected chi connectivity index (χ2v) is 4.40. The number of hydrogen-bond donors (Lipinski definition) is 0. The first-order valence-electron chi connectivity index (χ1n) is 7.10. The van der Waals surface area contributed by atoms with Crippen LogP contribution in [-0.2, 0) is 14.3 Å². The third-order valence-electron chi connectivity index (χ3n) is 2.66. The van der Waals surface area contributed by atoms with Gasteiger partial charge in [-0.2, -0.15) is 0 Å². The van der Waals surface area contributed by atoms with Crippen molar-refractivity contribution in [1.29, 1.82) is 0 Å². The molecule has 0 aliphatic carbocycles. The van der Waals surface area contributed by atoms with Crippen molar-refractivity contribution in [2.45, 2.75) is 58.3 Å². The molecule has 0 rings (SSSR count). The smallest absolute Gasteiger partial charge is 0.305 e. The van der Waals surface area contributed by atoms with E-state index >= 15 is 0 Å². The minimum Gasteiger partial charge on any atom is -0.466 e. The van der Waals surface area contributed by atoms with Crippen LogP contribution in [0.1, 0.15) is 58.3 Å². The molecule has 0 aliphatic rings.